The smallest absolute Gasteiger partial charge is 0.341 e. The predicted molar refractivity (Wildman–Crippen MR) is 130 cm³/mol. The van der Waals surface area contributed by atoms with E-state index in [1.54, 1.807) is 25.4 Å². The number of methoxy groups -OCH3 is 1. The molecule has 1 aromatic carbocycles. The van der Waals surface area contributed by atoms with Crippen molar-refractivity contribution in [1.29, 1.82) is 0 Å². The van der Waals surface area contributed by atoms with E-state index >= 15 is 0 Å². The van der Waals surface area contributed by atoms with Gasteiger partial charge in [-0.05, 0) is 48.8 Å². The number of halogens is 1. The maximum Gasteiger partial charge on any atom is 0.341 e. The van der Waals surface area contributed by atoms with Crippen LogP contribution >= 0.6 is 0 Å². The number of ether oxygens (including phenoxy) is 1. The van der Waals surface area contributed by atoms with Crippen molar-refractivity contribution in [2.24, 2.45) is 0 Å². The van der Waals surface area contributed by atoms with Crippen LogP contribution in [-0.2, 0) is 4.43 Å². The predicted octanol–water partition coefficient (Wildman–Crippen LogP) is 4.92. The van der Waals surface area contributed by atoms with E-state index in [-0.39, 0.29) is 34.2 Å². The number of hydrogen-bond donors (Lipinski definition) is 1. The molecule has 0 saturated carbocycles. The van der Waals surface area contributed by atoms with Crippen molar-refractivity contribution in [3.63, 3.8) is 0 Å². The third-order valence-corrected chi connectivity index (χ3v) is 11.5. The van der Waals surface area contributed by atoms with Crippen molar-refractivity contribution < 1.29 is 23.5 Å². The fourth-order valence-corrected chi connectivity index (χ4v) is 5.52. The van der Waals surface area contributed by atoms with Gasteiger partial charge in [0.05, 0.1) is 25.5 Å². The molecule has 2 unspecified atom stereocenters. The van der Waals surface area contributed by atoms with E-state index in [1.165, 1.54) is 22.8 Å². The minimum atomic E-state index is -2.06. The van der Waals surface area contributed by atoms with Crippen LogP contribution in [0.3, 0.4) is 0 Å². The first-order chi connectivity index (χ1) is 15.9. The lowest BCUT2D eigenvalue weighted by Crippen LogP contribution is -2.44. The highest BCUT2D eigenvalue weighted by Crippen LogP contribution is 2.44. The number of rotatable bonds is 6. The summed E-state index contributed by atoms with van der Waals surface area (Å²) in [5.41, 5.74) is 0.983. The molecule has 2 aromatic heterocycles. The van der Waals surface area contributed by atoms with E-state index < -0.39 is 14.3 Å². The molecule has 1 saturated heterocycles. The second-order valence-corrected chi connectivity index (χ2v) is 15.0. The minimum Gasteiger partial charge on any atom is -0.496 e. The Morgan fingerprint density at radius 1 is 1.26 bits per heavy atom. The van der Waals surface area contributed by atoms with Crippen molar-refractivity contribution in [3.8, 4) is 5.75 Å². The van der Waals surface area contributed by atoms with Crippen molar-refractivity contribution in [1.82, 2.24) is 14.6 Å². The van der Waals surface area contributed by atoms with Gasteiger partial charge < -0.3 is 19.2 Å². The highest BCUT2D eigenvalue weighted by Gasteiger charge is 2.44. The summed E-state index contributed by atoms with van der Waals surface area (Å²) in [6.45, 7) is 11.5. The molecule has 1 fully saturated rings. The fraction of sp³-hybridized carbons (Fsp3) is 0.458. The van der Waals surface area contributed by atoms with Gasteiger partial charge in [-0.1, -0.05) is 20.8 Å². The van der Waals surface area contributed by atoms with Gasteiger partial charge in [0.25, 0.3) is 0 Å². The number of aromatic nitrogens is 3. The second kappa shape index (κ2) is 8.66. The first-order valence-electron chi connectivity index (χ1n) is 11.3. The average Bonchev–Trinajstić information content (AvgIpc) is 3.36. The van der Waals surface area contributed by atoms with E-state index in [9.17, 15) is 14.3 Å². The molecule has 3 aromatic rings. The monoisotopic (exact) mass is 486 g/mol. The van der Waals surface area contributed by atoms with Crippen LogP contribution in [0.4, 0.5) is 10.2 Å². The van der Waals surface area contributed by atoms with E-state index in [0.29, 0.717) is 30.1 Å². The van der Waals surface area contributed by atoms with Crippen LogP contribution in [-0.4, -0.2) is 53.7 Å². The first-order valence-corrected chi connectivity index (χ1v) is 14.2. The van der Waals surface area contributed by atoms with E-state index in [0.717, 1.165) is 0 Å². The van der Waals surface area contributed by atoms with Crippen LogP contribution in [0.15, 0.2) is 36.7 Å². The van der Waals surface area contributed by atoms with Crippen molar-refractivity contribution >= 4 is 25.8 Å². The van der Waals surface area contributed by atoms with Gasteiger partial charge in [-0.15, -0.1) is 0 Å². The molecular formula is C24H31FN4O4Si. The summed E-state index contributed by atoms with van der Waals surface area (Å²) in [7, 11) is -0.500. The van der Waals surface area contributed by atoms with Gasteiger partial charge in [-0.25, -0.2) is 18.7 Å². The maximum atomic E-state index is 14.3. The molecule has 0 amide bonds. The molecule has 0 aliphatic carbocycles. The summed E-state index contributed by atoms with van der Waals surface area (Å²) in [5, 5.41) is 13.6. The van der Waals surface area contributed by atoms with E-state index in [1.807, 2.05) is 4.90 Å². The summed E-state index contributed by atoms with van der Waals surface area (Å²) in [6, 6.07) is 6.03. The second-order valence-electron chi connectivity index (χ2n) is 10.2. The molecule has 182 valence electrons. The number of hydrogen-bond acceptors (Lipinski definition) is 6. The standard InChI is InChI=1S/C24H31FN4O4Si/c1-24(2,3)34(5,6)33-16-12-19(17-11-15(25)7-8-20(17)32-4)28(14-16)21-9-10-29-22(27-21)18(13-26-29)23(30)31/h7-11,13,16,19H,12,14H2,1-6H3,(H,30,31). The fourth-order valence-electron chi connectivity index (χ4n) is 4.16. The highest BCUT2D eigenvalue weighted by atomic mass is 28.4. The summed E-state index contributed by atoms with van der Waals surface area (Å²) >= 11 is 0. The lowest BCUT2D eigenvalue weighted by molar-refractivity contribution is 0.0698. The van der Waals surface area contributed by atoms with Crippen LogP contribution < -0.4 is 9.64 Å². The molecule has 4 rings (SSSR count). The van der Waals surface area contributed by atoms with Gasteiger partial charge in [0.2, 0.25) is 0 Å². The first kappa shape index (κ1) is 24.2. The average molecular weight is 487 g/mol. The molecule has 10 heteroatoms. The number of carboxylic acid groups (broad SMARTS) is 1. The Morgan fingerprint density at radius 3 is 2.65 bits per heavy atom. The molecule has 1 aliphatic rings. The van der Waals surface area contributed by atoms with Crippen LogP contribution in [0, 0.1) is 5.82 Å². The molecule has 0 bridgehead atoms. The number of anilines is 1. The SMILES string of the molecule is COc1ccc(F)cc1C1CC(O[Si](C)(C)C(C)(C)C)CN1c1ccn2ncc(C(=O)O)c2n1. The molecule has 0 radical (unpaired) electrons. The zero-order chi connectivity index (χ0) is 24.8. The van der Waals surface area contributed by atoms with Crippen LogP contribution in [0.2, 0.25) is 18.1 Å². The molecule has 1 aliphatic heterocycles. The molecule has 3 heterocycles. The summed E-state index contributed by atoms with van der Waals surface area (Å²) in [6.07, 6.45) is 3.51. The molecule has 8 nitrogen and oxygen atoms in total. The summed E-state index contributed by atoms with van der Waals surface area (Å²) in [4.78, 5) is 18.3. The Labute approximate surface area is 199 Å². The lowest BCUT2D eigenvalue weighted by atomic mass is 10.0. The quantitative estimate of drug-likeness (QED) is 0.495. The number of aromatic carboxylic acids is 1. The number of nitrogens with zero attached hydrogens (tertiary/aromatic N) is 4. The Balaban J connectivity index is 1.78. The normalized spacial score (nSPS) is 19.1. The largest absolute Gasteiger partial charge is 0.496 e. The molecule has 1 N–H and O–H groups in total. The van der Waals surface area contributed by atoms with E-state index in [2.05, 4.69) is 43.9 Å². The van der Waals surface area contributed by atoms with Crippen molar-refractivity contribution in [3.05, 3.63) is 53.6 Å². The molecule has 2 atom stereocenters. The van der Waals surface area contributed by atoms with Crippen LogP contribution in [0.1, 0.15) is 49.2 Å². The van der Waals surface area contributed by atoms with E-state index in [4.69, 9.17) is 9.16 Å². The number of benzene rings is 1. The van der Waals surface area contributed by atoms with Crippen molar-refractivity contribution in [2.45, 2.75) is 57.5 Å². The van der Waals surface area contributed by atoms with Gasteiger partial charge in [0, 0.05) is 18.3 Å². The number of carboxylic acids is 1. The van der Waals surface area contributed by atoms with Crippen molar-refractivity contribution in [2.75, 3.05) is 18.6 Å². The summed E-state index contributed by atoms with van der Waals surface area (Å²) in [5.74, 6) is -0.283. The van der Waals surface area contributed by atoms with Crippen LogP contribution in [0.25, 0.3) is 5.65 Å². The molecule has 0 spiro atoms. The molecule has 34 heavy (non-hydrogen) atoms. The zero-order valence-electron chi connectivity index (χ0n) is 20.4. The van der Waals surface area contributed by atoms with Gasteiger partial charge in [0.15, 0.2) is 14.0 Å². The minimum absolute atomic E-state index is 0.0232. The zero-order valence-corrected chi connectivity index (χ0v) is 21.4. The van der Waals surface area contributed by atoms with Gasteiger partial charge in [0.1, 0.15) is 22.9 Å². The number of carbonyl (C=O) groups is 1. The van der Waals surface area contributed by atoms with Gasteiger partial charge in [-0.3, -0.25) is 0 Å². The van der Waals surface area contributed by atoms with Gasteiger partial charge >= 0.3 is 5.97 Å². The highest BCUT2D eigenvalue weighted by molar-refractivity contribution is 6.74. The van der Waals surface area contributed by atoms with Gasteiger partial charge in [-0.2, -0.15) is 5.10 Å². The third-order valence-electron chi connectivity index (χ3n) is 6.96. The third kappa shape index (κ3) is 4.39. The lowest BCUT2D eigenvalue weighted by Gasteiger charge is -2.38. The molecular weight excluding hydrogens is 455 g/mol. The number of fused-ring (bicyclic) bond motifs is 1. The maximum absolute atomic E-state index is 14.3. The Bertz CT molecular complexity index is 1220. The van der Waals surface area contributed by atoms with Crippen LogP contribution in [0.5, 0.6) is 5.75 Å². The Hall–Kier alpha value is -2.98. The Morgan fingerprint density at radius 2 is 2.00 bits per heavy atom. The Kier molecular flexibility index (Phi) is 6.15. The summed E-state index contributed by atoms with van der Waals surface area (Å²) < 4.78 is 28.0. The topological polar surface area (TPSA) is 89.2 Å².